The first-order valence-corrected chi connectivity index (χ1v) is 10.3. The van der Waals surface area contributed by atoms with Gasteiger partial charge in [-0.2, -0.15) is 0 Å². The number of carbonyl (C=O) groups excluding carboxylic acids is 1. The largest absolute Gasteiger partial charge is 0.497 e. The molecule has 0 bridgehead atoms. The summed E-state index contributed by atoms with van der Waals surface area (Å²) >= 11 is 1.39. The average molecular weight is 428 g/mol. The molecule has 0 aliphatic carbocycles. The van der Waals surface area contributed by atoms with Crippen molar-refractivity contribution >= 4 is 17.7 Å². The molecule has 0 aliphatic rings. The maximum absolute atomic E-state index is 12.7. The second kappa shape index (κ2) is 10.1. The Balaban J connectivity index is 1.66. The number of hydrogen-bond acceptors (Lipinski definition) is 6. The van der Waals surface area contributed by atoms with Crippen LogP contribution in [0, 0.1) is 0 Å². The summed E-state index contributed by atoms with van der Waals surface area (Å²) in [5, 5.41) is 0.740. The summed E-state index contributed by atoms with van der Waals surface area (Å²) in [5.74, 6) is 2.31. The summed E-state index contributed by atoms with van der Waals surface area (Å²) < 4.78 is 18.0. The quantitative estimate of drug-likeness (QED) is 0.486. The molecule has 0 radical (unpaired) electrons. The van der Waals surface area contributed by atoms with Crippen LogP contribution >= 0.6 is 11.8 Å². The highest BCUT2D eigenvalue weighted by Gasteiger charge is 2.16. The summed E-state index contributed by atoms with van der Waals surface area (Å²) in [6, 6.07) is 13.3. The molecule has 1 amide bonds. The molecule has 30 heavy (non-hydrogen) atoms. The van der Waals surface area contributed by atoms with Crippen LogP contribution in [0.5, 0.6) is 17.2 Å². The summed E-state index contributed by atoms with van der Waals surface area (Å²) in [5.41, 5.74) is 1.81. The Kier molecular flexibility index (Phi) is 7.24. The highest BCUT2D eigenvalue weighted by molar-refractivity contribution is 7.99. The second-order valence-corrected chi connectivity index (χ2v) is 7.41. The van der Waals surface area contributed by atoms with E-state index in [1.807, 2.05) is 53.2 Å². The Hall–Kier alpha value is -3.13. The SMILES string of the molecule is COc1cccc(-n2ccnc2SCC(=O)N(C)Cc2cccc(OC)c2OC)c1. The smallest absolute Gasteiger partial charge is 0.233 e. The number of aromatic nitrogens is 2. The molecule has 0 saturated heterocycles. The molecule has 0 spiro atoms. The fraction of sp³-hybridized carbons (Fsp3) is 0.273. The van der Waals surface area contributed by atoms with Gasteiger partial charge in [0.1, 0.15) is 5.75 Å². The summed E-state index contributed by atoms with van der Waals surface area (Å²) in [6.45, 7) is 0.421. The molecule has 3 aromatic rings. The van der Waals surface area contributed by atoms with Gasteiger partial charge in [0, 0.05) is 37.6 Å². The Morgan fingerprint density at radius 3 is 2.63 bits per heavy atom. The van der Waals surface area contributed by atoms with Gasteiger partial charge < -0.3 is 19.1 Å². The van der Waals surface area contributed by atoms with Crippen molar-refractivity contribution in [1.82, 2.24) is 14.5 Å². The first-order chi connectivity index (χ1) is 14.6. The number of rotatable bonds is 9. The number of ether oxygens (including phenoxy) is 3. The molecule has 0 atom stereocenters. The Bertz CT molecular complexity index is 1010. The molecule has 0 unspecified atom stereocenters. The minimum atomic E-state index is -0.00920. The van der Waals surface area contributed by atoms with Crippen molar-refractivity contribution in [2.24, 2.45) is 0 Å². The number of para-hydroxylation sites is 1. The third kappa shape index (κ3) is 4.88. The number of hydrogen-bond donors (Lipinski definition) is 0. The van der Waals surface area contributed by atoms with Crippen LogP contribution in [0.2, 0.25) is 0 Å². The van der Waals surface area contributed by atoms with Gasteiger partial charge in [0.25, 0.3) is 0 Å². The Morgan fingerprint density at radius 2 is 1.90 bits per heavy atom. The van der Waals surface area contributed by atoms with E-state index in [-0.39, 0.29) is 11.7 Å². The lowest BCUT2D eigenvalue weighted by atomic mass is 10.1. The fourth-order valence-electron chi connectivity index (χ4n) is 3.01. The molecule has 3 rings (SSSR count). The molecule has 2 aromatic carbocycles. The number of amides is 1. The zero-order chi connectivity index (χ0) is 21.5. The van der Waals surface area contributed by atoms with Crippen molar-refractivity contribution in [2.75, 3.05) is 34.1 Å². The van der Waals surface area contributed by atoms with Crippen LogP contribution in [-0.2, 0) is 11.3 Å². The van der Waals surface area contributed by atoms with Gasteiger partial charge in [0.05, 0.1) is 32.8 Å². The molecule has 8 heteroatoms. The number of thioether (sulfide) groups is 1. The van der Waals surface area contributed by atoms with Crippen molar-refractivity contribution in [3.63, 3.8) is 0 Å². The Labute approximate surface area is 180 Å². The molecule has 0 fully saturated rings. The maximum atomic E-state index is 12.7. The predicted molar refractivity (Wildman–Crippen MR) is 117 cm³/mol. The van der Waals surface area contributed by atoms with E-state index in [1.54, 1.807) is 39.5 Å². The van der Waals surface area contributed by atoms with E-state index in [1.165, 1.54) is 11.8 Å². The first-order valence-electron chi connectivity index (χ1n) is 9.31. The monoisotopic (exact) mass is 427 g/mol. The van der Waals surface area contributed by atoms with Crippen LogP contribution in [0.15, 0.2) is 60.0 Å². The molecule has 7 nitrogen and oxygen atoms in total. The highest BCUT2D eigenvalue weighted by Crippen LogP contribution is 2.31. The lowest BCUT2D eigenvalue weighted by molar-refractivity contribution is -0.127. The topological polar surface area (TPSA) is 65.8 Å². The van der Waals surface area contributed by atoms with Crippen LogP contribution < -0.4 is 14.2 Å². The third-order valence-electron chi connectivity index (χ3n) is 4.58. The van der Waals surface area contributed by atoms with Crippen molar-refractivity contribution in [3.05, 3.63) is 60.4 Å². The molecule has 0 aliphatic heterocycles. The van der Waals surface area contributed by atoms with Gasteiger partial charge in [-0.25, -0.2) is 4.98 Å². The van der Waals surface area contributed by atoms with Crippen molar-refractivity contribution in [3.8, 4) is 22.9 Å². The van der Waals surface area contributed by atoms with E-state index in [9.17, 15) is 4.79 Å². The number of methoxy groups -OCH3 is 3. The van der Waals surface area contributed by atoms with E-state index in [0.29, 0.717) is 18.0 Å². The van der Waals surface area contributed by atoms with Gasteiger partial charge in [0.15, 0.2) is 16.7 Å². The molecular formula is C22H25N3O4S. The van der Waals surface area contributed by atoms with E-state index < -0.39 is 0 Å². The fourth-order valence-corrected chi connectivity index (χ4v) is 3.93. The minimum Gasteiger partial charge on any atom is -0.497 e. The number of nitrogens with zero attached hydrogens (tertiary/aromatic N) is 3. The zero-order valence-corrected chi connectivity index (χ0v) is 18.3. The van der Waals surface area contributed by atoms with Crippen LogP contribution in [0.1, 0.15) is 5.56 Å². The number of carbonyl (C=O) groups is 1. The minimum absolute atomic E-state index is 0.00920. The molecule has 0 N–H and O–H groups in total. The van der Waals surface area contributed by atoms with Crippen molar-refractivity contribution in [1.29, 1.82) is 0 Å². The van der Waals surface area contributed by atoms with Gasteiger partial charge in [-0.05, 0) is 18.2 Å². The van der Waals surface area contributed by atoms with E-state index in [0.717, 1.165) is 22.2 Å². The van der Waals surface area contributed by atoms with E-state index >= 15 is 0 Å². The van der Waals surface area contributed by atoms with Crippen LogP contribution in [0.25, 0.3) is 5.69 Å². The van der Waals surface area contributed by atoms with Gasteiger partial charge in [-0.15, -0.1) is 0 Å². The molecule has 0 saturated carbocycles. The van der Waals surface area contributed by atoms with Gasteiger partial charge in [-0.3, -0.25) is 9.36 Å². The van der Waals surface area contributed by atoms with Gasteiger partial charge in [-0.1, -0.05) is 30.0 Å². The summed E-state index contributed by atoms with van der Waals surface area (Å²) in [4.78, 5) is 18.8. The zero-order valence-electron chi connectivity index (χ0n) is 17.5. The molecule has 1 heterocycles. The maximum Gasteiger partial charge on any atom is 0.233 e. The highest BCUT2D eigenvalue weighted by atomic mass is 32.2. The number of imidazole rings is 1. The second-order valence-electron chi connectivity index (χ2n) is 6.47. The van der Waals surface area contributed by atoms with Gasteiger partial charge >= 0.3 is 0 Å². The standard InChI is InChI=1S/C22H25N3O4S/c1-24(14-16-7-5-10-19(28-3)21(16)29-4)20(26)15-30-22-23-11-12-25(22)17-8-6-9-18(13-17)27-2/h5-13H,14-15H2,1-4H3. The molecule has 158 valence electrons. The lowest BCUT2D eigenvalue weighted by Crippen LogP contribution is -2.28. The van der Waals surface area contributed by atoms with E-state index in [2.05, 4.69) is 4.98 Å². The third-order valence-corrected chi connectivity index (χ3v) is 5.53. The predicted octanol–water partition coefficient (Wildman–Crippen LogP) is 3.65. The van der Waals surface area contributed by atoms with Crippen molar-refractivity contribution < 1.29 is 19.0 Å². The number of benzene rings is 2. The summed E-state index contributed by atoms with van der Waals surface area (Å²) in [6.07, 6.45) is 3.59. The molecule has 1 aromatic heterocycles. The summed E-state index contributed by atoms with van der Waals surface area (Å²) in [7, 11) is 6.60. The lowest BCUT2D eigenvalue weighted by Gasteiger charge is -2.20. The Morgan fingerprint density at radius 1 is 1.10 bits per heavy atom. The van der Waals surface area contributed by atoms with Crippen LogP contribution in [0.3, 0.4) is 0 Å². The van der Waals surface area contributed by atoms with Crippen LogP contribution in [0.4, 0.5) is 0 Å². The molecular weight excluding hydrogens is 402 g/mol. The average Bonchev–Trinajstić information content (AvgIpc) is 3.25. The van der Waals surface area contributed by atoms with Gasteiger partial charge in [0.2, 0.25) is 5.91 Å². The van der Waals surface area contributed by atoms with Crippen molar-refractivity contribution in [2.45, 2.75) is 11.7 Å². The first kappa shape index (κ1) is 21.6. The normalized spacial score (nSPS) is 10.5. The van der Waals surface area contributed by atoms with Crippen LogP contribution in [-0.4, -0.2) is 54.5 Å². The van der Waals surface area contributed by atoms with E-state index in [4.69, 9.17) is 14.2 Å².